The summed E-state index contributed by atoms with van der Waals surface area (Å²) in [6, 6.07) is 14.9. The Morgan fingerprint density at radius 2 is 1.88 bits per heavy atom. The number of ether oxygens (including phenoxy) is 1. The molecule has 0 aliphatic rings. The predicted molar refractivity (Wildman–Crippen MR) is 110 cm³/mol. The minimum atomic E-state index is -3.33. The minimum absolute atomic E-state index is 0.111. The fraction of sp³-hybridized carbons (Fsp3) is 0.278. The molecule has 0 radical (unpaired) electrons. The number of para-hydroxylation sites is 1. The van der Waals surface area contributed by atoms with E-state index in [1.54, 1.807) is 54.5 Å². The maximum atomic E-state index is 12.1. The molecular weight excluding hydrogens is 388 g/mol. The fourth-order valence-electron chi connectivity index (χ4n) is 2.36. The zero-order valence-corrected chi connectivity index (χ0v) is 16.8. The van der Waals surface area contributed by atoms with Crippen molar-refractivity contribution in [2.24, 2.45) is 0 Å². The number of thiazole rings is 1. The van der Waals surface area contributed by atoms with Crippen LogP contribution in [0.2, 0.25) is 0 Å². The molecule has 0 fully saturated rings. The normalized spacial score (nSPS) is 11.6. The van der Waals surface area contributed by atoms with E-state index in [0.717, 1.165) is 22.0 Å². The quantitative estimate of drug-likeness (QED) is 0.413. The monoisotopic (exact) mass is 408 g/mol. The molecular formula is C18H20N2O3S3. The van der Waals surface area contributed by atoms with E-state index in [-0.39, 0.29) is 5.75 Å². The number of sulfonamides is 1. The van der Waals surface area contributed by atoms with E-state index >= 15 is 0 Å². The fourth-order valence-corrected chi connectivity index (χ4v) is 5.68. The standard InChI is InChI=1S/C18H20N2O3S3/c1-23-15-10-8-14(9-11-15)20-26(21,22)13-5-4-12-24-18-19-16-6-2-3-7-17(16)25-18/h2-3,6-11,20H,4-5,12-13H2,1H3. The van der Waals surface area contributed by atoms with E-state index in [9.17, 15) is 8.42 Å². The Labute approximate surface area is 161 Å². The highest BCUT2D eigenvalue weighted by Crippen LogP contribution is 2.29. The molecule has 0 aliphatic carbocycles. The first-order chi connectivity index (χ1) is 12.6. The van der Waals surface area contributed by atoms with Crippen LogP contribution in [-0.4, -0.2) is 32.0 Å². The molecule has 3 rings (SSSR count). The molecule has 0 saturated carbocycles. The Balaban J connectivity index is 1.41. The SMILES string of the molecule is COc1ccc(NS(=O)(=O)CCCCSc2nc3ccccc3s2)cc1. The number of aromatic nitrogens is 1. The van der Waals surface area contributed by atoms with E-state index < -0.39 is 10.0 Å². The minimum Gasteiger partial charge on any atom is -0.497 e. The summed E-state index contributed by atoms with van der Waals surface area (Å²) in [5.74, 6) is 1.66. The number of hydrogen-bond donors (Lipinski definition) is 1. The summed E-state index contributed by atoms with van der Waals surface area (Å²) >= 11 is 3.36. The Morgan fingerprint density at radius 3 is 2.62 bits per heavy atom. The van der Waals surface area contributed by atoms with Crippen molar-refractivity contribution in [3.8, 4) is 5.75 Å². The van der Waals surface area contributed by atoms with Crippen LogP contribution >= 0.6 is 23.1 Å². The van der Waals surface area contributed by atoms with E-state index in [0.29, 0.717) is 17.9 Å². The number of benzene rings is 2. The van der Waals surface area contributed by atoms with E-state index in [4.69, 9.17) is 4.74 Å². The lowest BCUT2D eigenvalue weighted by Crippen LogP contribution is -2.16. The topological polar surface area (TPSA) is 68.3 Å². The van der Waals surface area contributed by atoms with Crippen molar-refractivity contribution >= 4 is 49.0 Å². The number of hydrogen-bond acceptors (Lipinski definition) is 6. The maximum absolute atomic E-state index is 12.1. The van der Waals surface area contributed by atoms with Crippen LogP contribution in [0.25, 0.3) is 10.2 Å². The summed E-state index contributed by atoms with van der Waals surface area (Å²) in [5.41, 5.74) is 1.57. The van der Waals surface area contributed by atoms with E-state index in [2.05, 4.69) is 15.8 Å². The van der Waals surface area contributed by atoms with Crippen LogP contribution in [-0.2, 0) is 10.0 Å². The summed E-state index contributed by atoms with van der Waals surface area (Å²) in [5, 5.41) is 0. The van der Waals surface area contributed by atoms with Crippen molar-refractivity contribution in [1.82, 2.24) is 4.98 Å². The zero-order chi connectivity index (χ0) is 18.4. The van der Waals surface area contributed by atoms with Crippen LogP contribution in [0.5, 0.6) is 5.75 Å². The molecule has 3 aromatic rings. The van der Waals surface area contributed by atoms with E-state index in [1.165, 1.54) is 4.70 Å². The Morgan fingerprint density at radius 1 is 1.12 bits per heavy atom. The lowest BCUT2D eigenvalue weighted by molar-refractivity contribution is 0.415. The number of unbranched alkanes of at least 4 members (excludes halogenated alkanes) is 1. The summed E-state index contributed by atoms with van der Waals surface area (Å²) < 4.78 is 34.2. The summed E-state index contributed by atoms with van der Waals surface area (Å²) in [4.78, 5) is 4.57. The predicted octanol–water partition coefficient (Wildman–Crippen LogP) is 4.62. The highest BCUT2D eigenvalue weighted by atomic mass is 32.2. The van der Waals surface area contributed by atoms with Gasteiger partial charge in [-0.25, -0.2) is 13.4 Å². The van der Waals surface area contributed by atoms with Crippen molar-refractivity contribution in [3.05, 3.63) is 48.5 Å². The van der Waals surface area contributed by atoms with Crippen molar-refractivity contribution < 1.29 is 13.2 Å². The molecule has 5 nitrogen and oxygen atoms in total. The number of nitrogens with zero attached hydrogens (tertiary/aromatic N) is 1. The molecule has 0 aliphatic heterocycles. The van der Waals surface area contributed by atoms with Crippen LogP contribution in [0.1, 0.15) is 12.8 Å². The average Bonchev–Trinajstić information content (AvgIpc) is 3.04. The highest BCUT2D eigenvalue weighted by Gasteiger charge is 2.10. The second-order valence-electron chi connectivity index (χ2n) is 5.65. The van der Waals surface area contributed by atoms with Gasteiger partial charge >= 0.3 is 0 Å². The zero-order valence-electron chi connectivity index (χ0n) is 14.3. The number of methoxy groups -OCH3 is 1. The van der Waals surface area contributed by atoms with Gasteiger partial charge in [0.05, 0.1) is 23.1 Å². The number of anilines is 1. The van der Waals surface area contributed by atoms with Crippen LogP contribution in [0.3, 0.4) is 0 Å². The van der Waals surface area contributed by atoms with Gasteiger partial charge in [0.1, 0.15) is 5.75 Å². The first-order valence-corrected chi connectivity index (χ1v) is 11.6. The van der Waals surface area contributed by atoms with Gasteiger partial charge in [0, 0.05) is 11.4 Å². The van der Waals surface area contributed by atoms with Gasteiger partial charge in [0.15, 0.2) is 4.34 Å². The molecule has 0 bridgehead atoms. The molecule has 1 N–H and O–H groups in total. The molecule has 2 aromatic carbocycles. The number of thioether (sulfide) groups is 1. The molecule has 0 amide bonds. The first kappa shape index (κ1) is 19.0. The van der Waals surface area contributed by atoms with Gasteiger partial charge in [0.2, 0.25) is 10.0 Å². The van der Waals surface area contributed by atoms with Crippen LogP contribution in [0.15, 0.2) is 52.9 Å². The third kappa shape index (κ3) is 5.36. The second kappa shape index (κ2) is 8.75. The third-order valence-corrected chi connectivity index (χ3v) is 7.31. The third-order valence-electron chi connectivity index (χ3n) is 3.67. The first-order valence-electron chi connectivity index (χ1n) is 8.19. The molecule has 138 valence electrons. The molecule has 1 heterocycles. The van der Waals surface area contributed by atoms with Gasteiger partial charge in [-0.1, -0.05) is 23.9 Å². The summed E-state index contributed by atoms with van der Waals surface area (Å²) in [6.07, 6.45) is 1.44. The van der Waals surface area contributed by atoms with Crippen molar-refractivity contribution in [1.29, 1.82) is 0 Å². The second-order valence-corrected chi connectivity index (χ2v) is 9.87. The summed E-state index contributed by atoms with van der Waals surface area (Å²) in [6.45, 7) is 0. The molecule has 0 atom stereocenters. The van der Waals surface area contributed by atoms with E-state index in [1.807, 2.05) is 18.2 Å². The average molecular weight is 409 g/mol. The largest absolute Gasteiger partial charge is 0.497 e. The Kier molecular flexibility index (Phi) is 6.39. The lowest BCUT2D eigenvalue weighted by atomic mass is 10.3. The van der Waals surface area contributed by atoms with Crippen LogP contribution in [0.4, 0.5) is 5.69 Å². The van der Waals surface area contributed by atoms with Gasteiger partial charge < -0.3 is 4.74 Å². The van der Waals surface area contributed by atoms with Crippen molar-refractivity contribution in [3.63, 3.8) is 0 Å². The summed E-state index contributed by atoms with van der Waals surface area (Å²) in [7, 11) is -1.76. The lowest BCUT2D eigenvalue weighted by Gasteiger charge is -2.08. The highest BCUT2D eigenvalue weighted by molar-refractivity contribution is 8.01. The Hall–Kier alpha value is -1.77. The number of fused-ring (bicyclic) bond motifs is 1. The smallest absolute Gasteiger partial charge is 0.232 e. The van der Waals surface area contributed by atoms with Gasteiger partial charge in [-0.2, -0.15) is 0 Å². The van der Waals surface area contributed by atoms with Gasteiger partial charge in [-0.05, 0) is 49.2 Å². The molecule has 0 unspecified atom stereocenters. The number of rotatable bonds is 9. The van der Waals surface area contributed by atoms with Gasteiger partial charge in [-0.3, -0.25) is 4.72 Å². The molecule has 26 heavy (non-hydrogen) atoms. The van der Waals surface area contributed by atoms with Gasteiger partial charge in [0.25, 0.3) is 0 Å². The molecule has 1 aromatic heterocycles. The van der Waals surface area contributed by atoms with Crippen molar-refractivity contribution in [2.75, 3.05) is 23.3 Å². The molecule has 8 heteroatoms. The number of nitrogens with one attached hydrogen (secondary N) is 1. The molecule has 0 spiro atoms. The molecule has 0 saturated heterocycles. The van der Waals surface area contributed by atoms with Crippen LogP contribution < -0.4 is 9.46 Å². The van der Waals surface area contributed by atoms with Gasteiger partial charge in [-0.15, -0.1) is 11.3 Å². The van der Waals surface area contributed by atoms with Crippen molar-refractivity contribution in [2.45, 2.75) is 17.2 Å². The van der Waals surface area contributed by atoms with Crippen LogP contribution in [0, 0.1) is 0 Å². The maximum Gasteiger partial charge on any atom is 0.232 e. The Bertz CT molecular complexity index is 920.